The van der Waals surface area contributed by atoms with Crippen molar-refractivity contribution in [1.29, 1.82) is 0 Å². The SMILES string of the molecule is COc1ccc(C)cc1/C=C\C(=O)N(CC(N)=O)C1CCCC1. The van der Waals surface area contributed by atoms with Crippen molar-refractivity contribution in [3.8, 4) is 5.75 Å². The number of methoxy groups -OCH3 is 1. The van der Waals surface area contributed by atoms with E-state index in [0.717, 1.165) is 36.8 Å². The second-order valence-electron chi connectivity index (χ2n) is 5.95. The molecule has 2 rings (SSSR count). The van der Waals surface area contributed by atoms with Crippen molar-refractivity contribution >= 4 is 17.9 Å². The molecule has 0 heterocycles. The fourth-order valence-corrected chi connectivity index (χ4v) is 3.01. The number of amides is 2. The van der Waals surface area contributed by atoms with E-state index in [0.29, 0.717) is 5.75 Å². The Morgan fingerprint density at radius 3 is 2.65 bits per heavy atom. The monoisotopic (exact) mass is 316 g/mol. The van der Waals surface area contributed by atoms with Gasteiger partial charge < -0.3 is 15.4 Å². The number of primary amides is 1. The van der Waals surface area contributed by atoms with Gasteiger partial charge in [0.25, 0.3) is 0 Å². The zero-order valence-corrected chi connectivity index (χ0v) is 13.7. The molecule has 1 saturated carbocycles. The number of nitrogens with two attached hydrogens (primary N) is 1. The number of hydrogen-bond donors (Lipinski definition) is 1. The molecule has 5 heteroatoms. The Morgan fingerprint density at radius 2 is 2.04 bits per heavy atom. The van der Waals surface area contributed by atoms with Gasteiger partial charge in [-0.05, 0) is 38.0 Å². The number of ether oxygens (including phenoxy) is 1. The molecule has 1 aliphatic rings. The maximum absolute atomic E-state index is 12.5. The van der Waals surface area contributed by atoms with E-state index < -0.39 is 5.91 Å². The second-order valence-corrected chi connectivity index (χ2v) is 5.95. The topological polar surface area (TPSA) is 72.6 Å². The first-order valence-electron chi connectivity index (χ1n) is 7.93. The van der Waals surface area contributed by atoms with Crippen molar-refractivity contribution in [3.63, 3.8) is 0 Å². The van der Waals surface area contributed by atoms with Gasteiger partial charge in [0.05, 0.1) is 13.7 Å². The third-order valence-corrected chi connectivity index (χ3v) is 4.17. The van der Waals surface area contributed by atoms with Crippen LogP contribution in [-0.4, -0.2) is 36.4 Å². The molecule has 1 aromatic rings. The molecule has 1 aliphatic carbocycles. The van der Waals surface area contributed by atoms with Crippen molar-refractivity contribution < 1.29 is 14.3 Å². The maximum Gasteiger partial charge on any atom is 0.247 e. The van der Waals surface area contributed by atoms with Gasteiger partial charge in [-0.2, -0.15) is 0 Å². The highest BCUT2D eigenvalue weighted by atomic mass is 16.5. The zero-order valence-electron chi connectivity index (χ0n) is 13.7. The van der Waals surface area contributed by atoms with Crippen LogP contribution in [0.2, 0.25) is 0 Å². The van der Waals surface area contributed by atoms with Crippen LogP contribution in [0.3, 0.4) is 0 Å². The van der Waals surface area contributed by atoms with E-state index in [4.69, 9.17) is 10.5 Å². The van der Waals surface area contributed by atoms with Crippen LogP contribution in [-0.2, 0) is 9.59 Å². The van der Waals surface area contributed by atoms with Crippen molar-refractivity contribution in [2.24, 2.45) is 5.73 Å². The number of rotatable bonds is 6. The first kappa shape index (κ1) is 17.1. The molecule has 0 bridgehead atoms. The number of benzene rings is 1. The van der Waals surface area contributed by atoms with E-state index >= 15 is 0 Å². The zero-order chi connectivity index (χ0) is 16.8. The molecule has 2 amide bonds. The Bertz CT molecular complexity index is 604. The largest absolute Gasteiger partial charge is 0.496 e. The van der Waals surface area contributed by atoms with Crippen LogP contribution < -0.4 is 10.5 Å². The predicted molar refractivity (Wildman–Crippen MR) is 89.9 cm³/mol. The molecule has 1 aromatic carbocycles. The fourth-order valence-electron chi connectivity index (χ4n) is 3.01. The lowest BCUT2D eigenvalue weighted by Gasteiger charge is -2.26. The summed E-state index contributed by atoms with van der Waals surface area (Å²) in [5, 5.41) is 0. The van der Waals surface area contributed by atoms with Crippen LogP contribution >= 0.6 is 0 Å². The lowest BCUT2D eigenvalue weighted by Crippen LogP contribution is -2.43. The van der Waals surface area contributed by atoms with Gasteiger partial charge in [0, 0.05) is 17.7 Å². The number of hydrogen-bond acceptors (Lipinski definition) is 3. The normalized spacial score (nSPS) is 15.0. The number of carbonyl (C=O) groups is 2. The van der Waals surface area contributed by atoms with Crippen LogP contribution in [0.5, 0.6) is 5.75 Å². The summed E-state index contributed by atoms with van der Waals surface area (Å²) in [6, 6.07) is 5.89. The molecule has 0 radical (unpaired) electrons. The minimum absolute atomic E-state index is 0.0290. The van der Waals surface area contributed by atoms with Gasteiger partial charge in [-0.1, -0.05) is 24.5 Å². The Morgan fingerprint density at radius 1 is 1.35 bits per heavy atom. The molecule has 0 aromatic heterocycles. The Hall–Kier alpha value is -2.30. The third kappa shape index (κ3) is 4.58. The number of carbonyl (C=O) groups excluding carboxylic acids is 2. The molecule has 1 fully saturated rings. The molecule has 0 atom stereocenters. The van der Waals surface area contributed by atoms with Gasteiger partial charge in [-0.25, -0.2) is 0 Å². The quantitative estimate of drug-likeness (QED) is 0.818. The van der Waals surface area contributed by atoms with Gasteiger partial charge in [-0.3, -0.25) is 9.59 Å². The Balaban J connectivity index is 2.17. The molecule has 2 N–H and O–H groups in total. The van der Waals surface area contributed by atoms with E-state index in [-0.39, 0.29) is 18.5 Å². The summed E-state index contributed by atoms with van der Waals surface area (Å²) in [6.07, 6.45) is 7.27. The smallest absolute Gasteiger partial charge is 0.247 e. The Labute approximate surface area is 137 Å². The van der Waals surface area contributed by atoms with Gasteiger partial charge in [-0.15, -0.1) is 0 Å². The van der Waals surface area contributed by atoms with E-state index in [2.05, 4.69) is 0 Å². The molecule has 5 nitrogen and oxygen atoms in total. The number of aryl methyl sites for hydroxylation is 1. The van der Waals surface area contributed by atoms with E-state index in [1.165, 1.54) is 6.08 Å². The summed E-state index contributed by atoms with van der Waals surface area (Å²) in [4.78, 5) is 25.4. The predicted octanol–water partition coefficient (Wildman–Crippen LogP) is 2.27. The summed E-state index contributed by atoms with van der Waals surface area (Å²) >= 11 is 0. The fraction of sp³-hybridized carbons (Fsp3) is 0.444. The standard InChI is InChI=1S/C18H24N2O3/c1-13-7-9-16(23-2)14(11-13)8-10-18(22)20(12-17(19)21)15-5-3-4-6-15/h7-11,15H,3-6,12H2,1-2H3,(H2,19,21)/b10-8-. The summed E-state index contributed by atoms with van der Waals surface area (Å²) in [5.41, 5.74) is 7.22. The lowest BCUT2D eigenvalue weighted by atomic mass is 10.1. The first-order chi connectivity index (χ1) is 11.0. The van der Waals surface area contributed by atoms with Crippen LogP contribution in [0.25, 0.3) is 6.08 Å². The van der Waals surface area contributed by atoms with Gasteiger partial charge >= 0.3 is 0 Å². The van der Waals surface area contributed by atoms with E-state index in [1.54, 1.807) is 18.1 Å². The first-order valence-corrected chi connectivity index (χ1v) is 7.93. The molecular weight excluding hydrogens is 292 g/mol. The van der Waals surface area contributed by atoms with Gasteiger partial charge in [0.15, 0.2) is 0 Å². The average Bonchev–Trinajstić information content (AvgIpc) is 3.04. The van der Waals surface area contributed by atoms with Crippen LogP contribution in [0.1, 0.15) is 36.8 Å². The van der Waals surface area contributed by atoms with Crippen LogP contribution in [0.4, 0.5) is 0 Å². The van der Waals surface area contributed by atoms with Crippen molar-refractivity contribution in [3.05, 3.63) is 35.4 Å². The highest BCUT2D eigenvalue weighted by Crippen LogP contribution is 2.24. The van der Waals surface area contributed by atoms with E-state index in [1.807, 2.05) is 25.1 Å². The number of nitrogens with zero attached hydrogens (tertiary/aromatic N) is 1. The third-order valence-electron chi connectivity index (χ3n) is 4.17. The van der Waals surface area contributed by atoms with Gasteiger partial charge in [0.2, 0.25) is 11.8 Å². The minimum atomic E-state index is -0.480. The second kappa shape index (κ2) is 7.81. The van der Waals surface area contributed by atoms with Crippen LogP contribution in [0.15, 0.2) is 24.3 Å². The van der Waals surface area contributed by atoms with E-state index in [9.17, 15) is 9.59 Å². The van der Waals surface area contributed by atoms with Crippen molar-refractivity contribution in [1.82, 2.24) is 4.90 Å². The molecule has 0 saturated heterocycles. The maximum atomic E-state index is 12.5. The lowest BCUT2D eigenvalue weighted by molar-refractivity contribution is -0.133. The summed E-state index contributed by atoms with van der Waals surface area (Å²) < 4.78 is 5.31. The average molecular weight is 316 g/mol. The molecule has 0 unspecified atom stereocenters. The van der Waals surface area contributed by atoms with Crippen molar-refractivity contribution in [2.75, 3.05) is 13.7 Å². The summed E-state index contributed by atoms with van der Waals surface area (Å²) in [7, 11) is 1.60. The highest BCUT2D eigenvalue weighted by molar-refractivity contribution is 5.94. The molecule has 0 spiro atoms. The van der Waals surface area contributed by atoms with Gasteiger partial charge in [0.1, 0.15) is 5.75 Å². The molecule has 124 valence electrons. The van der Waals surface area contributed by atoms with Crippen molar-refractivity contribution in [2.45, 2.75) is 38.6 Å². The minimum Gasteiger partial charge on any atom is -0.496 e. The summed E-state index contributed by atoms with van der Waals surface area (Å²) in [6.45, 7) is 1.95. The highest BCUT2D eigenvalue weighted by Gasteiger charge is 2.26. The Kier molecular flexibility index (Phi) is 5.79. The molecule has 23 heavy (non-hydrogen) atoms. The van der Waals surface area contributed by atoms with Crippen LogP contribution in [0, 0.1) is 6.92 Å². The molecular formula is C18H24N2O3. The molecule has 0 aliphatic heterocycles. The summed E-state index contributed by atoms with van der Waals surface area (Å²) in [5.74, 6) is 0.0491.